The topological polar surface area (TPSA) is 85.7 Å². The number of ether oxygens (including phenoxy) is 1. The number of carbonyl (C=O) groups is 1. The van der Waals surface area contributed by atoms with Crippen LogP contribution in [0.1, 0.15) is 28.1 Å². The molecule has 6 nitrogen and oxygen atoms in total. The molecular formula is C14H11NO5. The molecule has 102 valence electrons. The van der Waals surface area contributed by atoms with E-state index in [2.05, 4.69) is 5.16 Å². The lowest BCUT2D eigenvalue weighted by atomic mass is 10.2. The van der Waals surface area contributed by atoms with Crippen LogP contribution in [0.5, 0.6) is 0 Å². The largest absolute Gasteiger partial charge is 0.476 e. The van der Waals surface area contributed by atoms with Gasteiger partial charge >= 0.3 is 5.97 Å². The second-order valence-corrected chi connectivity index (χ2v) is 4.22. The highest BCUT2D eigenvalue weighted by Gasteiger charge is 2.24. The zero-order valence-corrected chi connectivity index (χ0v) is 10.6. The Bertz CT molecular complexity index is 725. The standard InChI is InChI=1S/C14H11NO5/c1-18-13(12-7-9(14(16)17)15-20-12)11-6-8-4-2-3-5-10(8)19-11/h2-7,13H,1H3,(H,16,17). The average Bonchev–Trinajstić information content (AvgIpc) is 3.06. The number of fused-ring (bicyclic) bond motifs is 1. The van der Waals surface area contributed by atoms with Crippen LogP contribution in [0.15, 0.2) is 45.3 Å². The molecule has 3 aromatic rings. The maximum Gasteiger partial charge on any atom is 0.358 e. The van der Waals surface area contributed by atoms with Gasteiger partial charge in [-0.15, -0.1) is 0 Å². The third-order valence-corrected chi connectivity index (χ3v) is 2.94. The smallest absolute Gasteiger partial charge is 0.358 e. The molecule has 20 heavy (non-hydrogen) atoms. The number of hydrogen-bond acceptors (Lipinski definition) is 5. The van der Waals surface area contributed by atoms with Crippen LogP contribution >= 0.6 is 0 Å². The van der Waals surface area contributed by atoms with Gasteiger partial charge in [-0.25, -0.2) is 4.79 Å². The van der Waals surface area contributed by atoms with E-state index < -0.39 is 12.1 Å². The van der Waals surface area contributed by atoms with Gasteiger partial charge in [-0.05, 0) is 12.1 Å². The van der Waals surface area contributed by atoms with Gasteiger partial charge in [0.25, 0.3) is 0 Å². The minimum absolute atomic E-state index is 0.168. The molecule has 1 unspecified atom stereocenters. The first kappa shape index (κ1) is 12.4. The maximum absolute atomic E-state index is 10.8. The molecule has 2 aromatic heterocycles. The molecule has 0 bridgehead atoms. The molecule has 0 saturated carbocycles. The van der Waals surface area contributed by atoms with E-state index >= 15 is 0 Å². The summed E-state index contributed by atoms with van der Waals surface area (Å²) in [5.41, 5.74) is 0.556. The van der Waals surface area contributed by atoms with Crippen LogP contribution < -0.4 is 0 Å². The molecule has 0 fully saturated rings. The van der Waals surface area contributed by atoms with Gasteiger partial charge < -0.3 is 18.8 Å². The predicted octanol–water partition coefficient (Wildman–Crippen LogP) is 2.85. The molecule has 2 heterocycles. The van der Waals surface area contributed by atoms with Crippen LogP contribution in [-0.2, 0) is 4.74 Å². The van der Waals surface area contributed by atoms with Crippen LogP contribution in [0.3, 0.4) is 0 Å². The van der Waals surface area contributed by atoms with Crippen molar-refractivity contribution >= 4 is 16.9 Å². The van der Waals surface area contributed by atoms with E-state index in [4.69, 9.17) is 18.8 Å². The molecule has 0 aliphatic carbocycles. The van der Waals surface area contributed by atoms with E-state index in [1.807, 2.05) is 30.3 Å². The Morgan fingerprint density at radius 3 is 2.75 bits per heavy atom. The monoisotopic (exact) mass is 273 g/mol. The number of para-hydroxylation sites is 1. The van der Waals surface area contributed by atoms with Crippen molar-refractivity contribution in [3.8, 4) is 0 Å². The lowest BCUT2D eigenvalue weighted by molar-refractivity contribution is 0.0683. The van der Waals surface area contributed by atoms with Gasteiger partial charge in [-0.3, -0.25) is 0 Å². The first-order valence-electron chi connectivity index (χ1n) is 5.90. The first-order valence-corrected chi connectivity index (χ1v) is 5.90. The number of aromatic carboxylic acids is 1. The van der Waals surface area contributed by atoms with E-state index in [0.717, 1.165) is 11.0 Å². The van der Waals surface area contributed by atoms with Crippen molar-refractivity contribution in [1.82, 2.24) is 5.16 Å². The highest BCUT2D eigenvalue weighted by Crippen LogP contribution is 2.30. The summed E-state index contributed by atoms with van der Waals surface area (Å²) in [5, 5.41) is 13.3. The number of carboxylic acid groups (broad SMARTS) is 1. The molecule has 0 radical (unpaired) electrons. The normalized spacial score (nSPS) is 12.7. The third-order valence-electron chi connectivity index (χ3n) is 2.94. The Morgan fingerprint density at radius 1 is 1.30 bits per heavy atom. The van der Waals surface area contributed by atoms with E-state index in [-0.39, 0.29) is 11.5 Å². The van der Waals surface area contributed by atoms with E-state index in [1.54, 1.807) is 0 Å². The van der Waals surface area contributed by atoms with Gasteiger partial charge in [-0.2, -0.15) is 0 Å². The zero-order chi connectivity index (χ0) is 14.1. The quantitative estimate of drug-likeness (QED) is 0.786. The summed E-state index contributed by atoms with van der Waals surface area (Å²) >= 11 is 0. The van der Waals surface area contributed by atoms with Gasteiger partial charge in [0.15, 0.2) is 17.6 Å². The number of nitrogens with zero attached hydrogens (tertiary/aromatic N) is 1. The second kappa shape index (κ2) is 4.82. The molecule has 0 spiro atoms. The first-order chi connectivity index (χ1) is 9.69. The van der Waals surface area contributed by atoms with E-state index in [9.17, 15) is 4.79 Å². The van der Waals surface area contributed by atoms with Crippen molar-refractivity contribution in [2.75, 3.05) is 7.11 Å². The summed E-state index contributed by atoms with van der Waals surface area (Å²) in [7, 11) is 1.49. The molecule has 3 rings (SSSR count). The molecule has 1 N–H and O–H groups in total. The van der Waals surface area contributed by atoms with Gasteiger partial charge in [0, 0.05) is 18.6 Å². The van der Waals surface area contributed by atoms with Gasteiger partial charge in [-0.1, -0.05) is 23.4 Å². The summed E-state index contributed by atoms with van der Waals surface area (Å²) in [5.74, 6) is -0.342. The minimum Gasteiger partial charge on any atom is -0.476 e. The number of hydrogen-bond donors (Lipinski definition) is 1. The predicted molar refractivity (Wildman–Crippen MR) is 68.5 cm³/mol. The Labute approximate surface area is 113 Å². The zero-order valence-electron chi connectivity index (χ0n) is 10.6. The summed E-state index contributed by atoms with van der Waals surface area (Å²) in [4.78, 5) is 10.8. The molecule has 0 aliphatic heterocycles. The SMILES string of the molecule is COC(c1cc(C(=O)O)no1)c1cc2ccccc2o1. The fraction of sp³-hybridized carbons (Fsp3) is 0.143. The molecular weight excluding hydrogens is 262 g/mol. The number of aromatic nitrogens is 1. The number of furan rings is 1. The summed E-state index contributed by atoms with van der Waals surface area (Å²) in [6.07, 6.45) is -0.636. The molecule has 1 atom stereocenters. The van der Waals surface area contributed by atoms with E-state index in [1.165, 1.54) is 13.2 Å². The maximum atomic E-state index is 10.8. The Balaban J connectivity index is 2.01. The van der Waals surface area contributed by atoms with Crippen LogP contribution in [0.4, 0.5) is 0 Å². The Kier molecular flexibility index (Phi) is 3.00. The fourth-order valence-corrected chi connectivity index (χ4v) is 2.02. The molecule has 0 saturated heterocycles. The number of carboxylic acids is 1. The van der Waals surface area contributed by atoms with Crippen molar-refractivity contribution in [3.05, 3.63) is 53.6 Å². The lowest BCUT2D eigenvalue weighted by Crippen LogP contribution is -2.01. The van der Waals surface area contributed by atoms with E-state index in [0.29, 0.717) is 5.76 Å². The van der Waals surface area contributed by atoms with Gasteiger partial charge in [0.2, 0.25) is 0 Å². The average molecular weight is 273 g/mol. The minimum atomic E-state index is -1.15. The summed E-state index contributed by atoms with van der Waals surface area (Å²) < 4.78 is 16.0. The molecule has 0 aliphatic rings. The third kappa shape index (κ3) is 2.06. The number of methoxy groups -OCH3 is 1. The van der Waals surface area contributed by atoms with Crippen molar-refractivity contribution in [1.29, 1.82) is 0 Å². The summed E-state index contributed by atoms with van der Waals surface area (Å²) in [6, 6.07) is 10.7. The van der Waals surface area contributed by atoms with Crippen molar-refractivity contribution in [3.63, 3.8) is 0 Å². The molecule has 1 aromatic carbocycles. The summed E-state index contributed by atoms with van der Waals surface area (Å²) in [6.45, 7) is 0. The van der Waals surface area contributed by atoms with Crippen LogP contribution in [0.2, 0.25) is 0 Å². The Hall–Kier alpha value is -2.60. The van der Waals surface area contributed by atoms with Crippen LogP contribution in [-0.4, -0.2) is 23.3 Å². The second-order valence-electron chi connectivity index (χ2n) is 4.22. The van der Waals surface area contributed by atoms with Crippen molar-refractivity contribution in [2.24, 2.45) is 0 Å². The Morgan fingerprint density at radius 2 is 2.10 bits per heavy atom. The molecule has 0 amide bonds. The fourth-order valence-electron chi connectivity index (χ4n) is 2.02. The molecule has 6 heteroatoms. The van der Waals surface area contributed by atoms with Crippen LogP contribution in [0, 0.1) is 0 Å². The highest BCUT2D eigenvalue weighted by molar-refractivity contribution is 5.85. The lowest BCUT2D eigenvalue weighted by Gasteiger charge is -2.07. The van der Waals surface area contributed by atoms with Gasteiger partial charge in [0.05, 0.1) is 0 Å². The van der Waals surface area contributed by atoms with Crippen molar-refractivity contribution < 1.29 is 23.6 Å². The van der Waals surface area contributed by atoms with Crippen LogP contribution in [0.25, 0.3) is 11.0 Å². The highest BCUT2D eigenvalue weighted by atomic mass is 16.5. The van der Waals surface area contributed by atoms with Crippen molar-refractivity contribution in [2.45, 2.75) is 6.10 Å². The van der Waals surface area contributed by atoms with Gasteiger partial charge in [0.1, 0.15) is 11.3 Å². The number of rotatable bonds is 4. The number of benzene rings is 1.